The fourth-order valence-corrected chi connectivity index (χ4v) is 2.58. The number of hydrogen-bond acceptors (Lipinski definition) is 4. The summed E-state index contributed by atoms with van der Waals surface area (Å²) in [5, 5.41) is 3.52. The molecule has 0 spiro atoms. The summed E-state index contributed by atoms with van der Waals surface area (Å²) in [5.74, 6) is 0.783. The van der Waals surface area contributed by atoms with Crippen LogP contribution in [0, 0.1) is 12.3 Å². The molecule has 112 valence electrons. The van der Waals surface area contributed by atoms with Crippen molar-refractivity contribution in [1.29, 1.82) is 0 Å². The Morgan fingerprint density at radius 1 is 1.24 bits per heavy atom. The van der Waals surface area contributed by atoms with E-state index in [1.54, 1.807) is 7.11 Å². The normalized spacial score (nSPS) is 11.3. The quantitative estimate of drug-likeness (QED) is 0.928. The molecule has 2 aromatic rings. The fraction of sp³-hybridized carbons (Fsp3) is 0.375. The van der Waals surface area contributed by atoms with Gasteiger partial charge in [0.2, 0.25) is 5.91 Å². The topological polar surface area (TPSA) is 51.2 Å². The van der Waals surface area contributed by atoms with Crippen LogP contribution in [-0.4, -0.2) is 18.0 Å². The third-order valence-electron chi connectivity index (χ3n) is 3.06. The van der Waals surface area contributed by atoms with Crippen LogP contribution in [0.25, 0.3) is 11.3 Å². The summed E-state index contributed by atoms with van der Waals surface area (Å²) in [6.45, 7) is 7.65. The van der Waals surface area contributed by atoms with Crippen LogP contribution in [0.5, 0.6) is 5.75 Å². The Bertz CT molecular complexity index is 639. The van der Waals surface area contributed by atoms with E-state index in [-0.39, 0.29) is 5.91 Å². The van der Waals surface area contributed by atoms with Gasteiger partial charge in [-0.15, -0.1) is 11.3 Å². The van der Waals surface area contributed by atoms with Crippen molar-refractivity contribution in [3.05, 3.63) is 29.1 Å². The molecule has 0 fully saturated rings. The van der Waals surface area contributed by atoms with Crippen molar-refractivity contribution in [1.82, 2.24) is 4.98 Å². The number of carbonyl (C=O) groups excluding carboxylic acids is 1. The fourth-order valence-electron chi connectivity index (χ4n) is 1.75. The molecule has 1 aromatic heterocycles. The number of benzene rings is 1. The van der Waals surface area contributed by atoms with Crippen LogP contribution in [0.2, 0.25) is 0 Å². The van der Waals surface area contributed by atoms with Gasteiger partial charge in [0.25, 0.3) is 0 Å². The highest BCUT2D eigenvalue weighted by Gasteiger charge is 2.22. The number of aromatic nitrogens is 1. The summed E-state index contributed by atoms with van der Waals surface area (Å²) >= 11 is 1.49. The molecular formula is C16H20N2O2S. The maximum absolute atomic E-state index is 12.0. The lowest BCUT2D eigenvalue weighted by molar-refractivity contribution is -0.123. The highest BCUT2D eigenvalue weighted by Crippen LogP contribution is 2.32. The Morgan fingerprint density at radius 3 is 2.38 bits per heavy atom. The number of ether oxygens (including phenoxy) is 1. The molecule has 1 amide bonds. The lowest BCUT2D eigenvalue weighted by atomic mass is 9.96. The van der Waals surface area contributed by atoms with Crippen LogP contribution < -0.4 is 10.1 Å². The number of nitrogens with zero attached hydrogens (tertiary/aromatic N) is 1. The lowest BCUT2D eigenvalue weighted by Gasteiger charge is -2.15. The molecule has 1 heterocycles. The first-order valence-electron chi connectivity index (χ1n) is 6.74. The van der Waals surface area contributed by atoms with Crippen molar-refractivity contribution < 1.29 is 9.53 Å². The summed E-state index contributed by atoms with van der Waals surface area (Å²) < 4.78 is 5.16. The molecular weight excluding hydrogens is 284 g/mol. The van der Waals surface area contributed by atoms with Crippen molar-refractivity contribution in [2.24, 2.45) is 5.41 Å². The van der Waals surface area contributed by atoms with E-state index in [2.05, 4.69) is 10.3 Å². The van der Waals surface area contributed by atoms with Gasteiger partial charge in [-0.05, 0) is 31.2 Å². The molecule has 21 heavy (non-hydrogen) atoms. The van der Waals surface area contributed by atoms with Gasteiger partial charge in [0.05, 0.1) is 12.8 Å². The summed E-state index contributed by atoms with van der Waals surface area (Å²) in [4.78, 5) is 17.6. The van der Waals surface area contributed by atoms with Crippen molar-refractivity contribution in [3.8, 4) is 17.0 Å². The number of thiazole rings is 1. The van der Waals surface area contributed by atoms with Crippen molar-refractivity contribution >= 4 is 22.4 Å². The molecule has 0 bridgehead atoms. The second-order valence-electron chi connectivity index (χ2n) is 5.86. The van der Waals surface area contributed by atoms with Gasteiger partial charge in [-0.2, -0.15) is 0 Å². The molecule has 1 N–H and O–H groups in total. The van der Waals surface area contributed by atoms with E-state index in [9.17, 15) is 4.79 Å². The molecule has 1 aromatic carbocycles. The van der Waals surface area contributed by atoms with Crippen LogP contribution in [0.4, 0.5) is 5.13 Å². The van der Waals surface area contributed by atoms with E-state index in [0.717, 1.165) is 21.9 Å². The predicted molar refractivity (Wildman–Crippen MR) is 86.9 cm³/mol. The molecule has 0 aliphatic rings. The number of anilines is 1. The first-order valence-corrected chi connectivity index (χ1v) is 7.56. The number of carbonyl (C=O) groups is 1. The van der Waals surface area contributed by atoms with E-state index in [1.165, 1.54) is 11.3 Å². The molecule has 0 aliphatic carbocycles. The third kappa shape index (κ3) is 3.61. The second kappa shape index (κ2) is 5.85. The standard InChI is InChI=1S/C16H20N2O2S/c1-10-13(11-6-8-12(20-5)9-7-11)17-15(21-10)18-14(19)16(2,3)4/h6-9H,1-5H3,(H,17,18,19). The van der Waals surface area contributed by atoms with E-state index in [4.69, 9.17) is 4.74 Å². The first-order chi connectivity index (χ1) is 9.81. The first kappa shape index (κ1) is 15.5. The molecule has 5 heteroatoms. The van der Waals surface area contributed by atoms with E-state index in [0.29, 0.717) is 5.13 Å². The molecule has 4 nitrogen and oxygen atoms in total. The van der Waals surface area contributed by atoms with Gasteiger partial charge < -0.3 is 10.1 Å². The molecule has 0 radical (unpaired) electrons. The maximum atomic E-state index is 12.0. The van der Waals surface area contributed by atoms with Gasteiger partial charge in [-0.25, -0.2) is 4.98 Å². The number of methoxy groups -OCH3 is 1. The average Bonchev–Trinajstić information content (AvgIpc) is 2.78. The zero-order chi connectivity index (χ0) is 15.6. The van der Waals surface area contributed by atoms with Crippen molar-refractivity contribution in [2.45, 2.75) is 27.7 Å². The number of rotatable bonds is 3. The summed E-state index contributed by atoms with van der Waals surface area (Å²) in [7, 11) is 1.64. The minimum absolute atomic E-state index is 0.0301. The van der Waals surface area contributed by atoms with Gasteiger partial charge >= 0.3 is 0 Å². The molecule has 0 aliphatic heterocycles. The minimum atomic E-state index is -0.431. The van der Waals surface area contributed by atoms with Crippen LogP contribution in [-0.2, 0) is 4.79 Å². The lowest BCUT2D eigenvalue weighted by Crippen LogP contribution is -2.27. The van der Waals surface area contributed by atoms with Gasteiger partial charge in [0.1, 0.15) is 5.75 Å². The van der Waals surface area contributed by atoms with Crippen LogP contribution in [0.15, 0.2) is 24.3 Å². The number of nitrogens with one attached hydrogen (secondary N) is 1. The van der Waals surface area contributed by atoms with E-state index >= 15 is 0 Å². The molecule has 0 unspecified atom stereocenters. The smallest absolute Gasteiger partial charge is 0.231 e. The Morgan fingerprint density at radius 2 is 1.86 bits per heavy atom. The van der Waals surface area contributed by atoms with Crippen molar-refractivity contribution in [2.75, 3.05) is 12.4 Å². The Balaban J connectivity index is 2.24. The van der Waals surface area contributed by atoms with E-state index in [1.807, 2.05) is 52.0 Å². The van der Waals surface area contributed by atoms with Crippen LogP contribution in [0.1, 0.15) is 25.6 Å². The largest absolute Gasteiger partial charge is 0.497 e. The highest BCUT2D eigenvalue weighted by molar-refractivity contribution is 7.16. The molecule has 2 rings (SSSR count). The second-order valence-corrected chi connectivity index (χ2v) is 7.06. The highest BCUT2D eigenvalue weighted by atomic mass is 32.1. The Hall–Kier alpha value is -1.88. The Labute approximate surface area is 129 Å². The zero-order valence-corrected chi connectivity index (χ0v) is 13.8. The van der Waals surface area contributed by atoms with Crippen molar-refractivity contribution in [3.63, 3.8) is 0 Å². The van der Waals surface area contributed by atoms with Gasteiger partial charge in [0, 0.05) is 15.9 Å². The summed E-state index contributed by atoms with van der Waals surface area (Å²) in [5.41, 5.74) is 1.48. The molecule has 0 saturated carbocycles. The zero-order valence-electron chi connectivity index (χ0n) is 13.0. The third-order valence-corrected chi connectivity index (χ3v) is 3.95. The number of aryl methyl sites for hydroxylation is 1. The van der Waals surface area contributed by atoms with Crippen LogP contribution in [0.3, 0.4) is 0 Å². The van der Waals surface area contributed by atoms with E-state index < -0.39 is 5.41 Å². The van der Waals surface area contributed by atoms with Gasteiger partial charge in [-0.1, -0.05) is 20.8 Å². The summed E-state index contributed by atoms with van der Waals surface area (Å²) in [6.07, 6.45) is 0. The Kier molecular flexibility index (Phi) is 4.32. The summed E-state index contributed by atoms with van der Waals surface area (Å²) in [6, 6.07) is 7.75. The molecule has 0 atom stereocenters. The number of amides is 1. The maximum Gasteiger partial charge on any atom is 0.231 e. The minimum Gasteiger partial charge on any atom is -0.497 e. The predicted octanol–water partition coefficient (Wildman–Crippen LogP) is 4.11. The molecule has 0 saturated heterocycles. The van der Waals surface area contributed by atoms with Gasteiger partial charge in [0.15, 0.2) is 5.13 Å². The number of hydrogen-bond donors (Lipinski definition) is 1. The monoisotopic (exact) mass is 304 g/mol. The average molecular weight is 304 g/mol. The van der Waals surface area contributed by atoms with Crippen LogP contribution >= 0.6 is 11.3 Å². The SMILES string of the molecule is COc1ccc(-c2nc(NC(=O)C(C)(C)C)sc2C)cc1. The van der Waals surface area contributed by atoms with Gasteiger partial charge in [-0.3, -0.25) is 4.79 Å².